The molecule has 7 heteroatoms. The van der Waals surface area contributed by atoms with E-state index in [9.17, 15) is 18.8 Å². The van der Waals surface area contributed by atoms with Gasteiger partial charge in [0.2, 0.25) is 5.78 Å². The van der Waals surface area contributed by atoms with E-state index in [2.05, 4.69) is 4.98 Å². The van der Waals surface area contributed by atoms with Crippen molar-refractivity contribution in [1.29, 1.82) is 0 Å². The van der Waals surface area contributed by atoms with Gasteiger partial charge in [0.15, 0.2) is 5.78 Å². The van der Waals surface area contributed by atoms with Gasteiger partial charge in [-0.3, -0.25) is 14.4 Å². The SMILES string of the molecule is CC(C)N1CC(C(=O)c2cncn2Cc2ccc(F)cc2)C(=O)C1=O. The third-order valence-electron chi connectivity index (χ3n) is 4.34. The number of Topliss-reactive ketones (excluding diaryl/α,β-unsaturated/α-hetero) is 2. The van der Waals surface area contributed by atoms with Crippen LogP contribution in [0.15, 0.2) is 36.8 Å². The van der Waals surface area contributed by atoms with E-state index in [0.29, 0.717) is 6.54 Å². The summed E-state index contributed by atoms with van der Waals surface area (Å²) in [7, 11) is 0. The molecule has 1 amide bonds. The number of nitrogens with zero attached hydrogens (tertiary/aromatic N) is 3. The number of ketones is 2. The molecule has 2 aromatic rings. The number of hydrogen-bond donors (Lipinski definition) is 0. The third kappa shape index (κ3) is 3.22. The predicted molar refractivity (Wildman–Crippen MR) is 87.4 cm³/mol. The molecule has 25 heavy (non-hydrogen) atoms. The predicted octanol–water partition coefficient (Wildman–Crippen LogP) is 1.69. The number of carbonyl (C=O) groups excluding carboxylic acids is 3. The van der Waals surface area contributed by atoms with E-state index in [1.165, 1.54) is 29.6 Å². The van der Waals surface area contributed by atoms with Crippen LogP contribution in [0, 0.1) is 11.7 Å². The van der Waals surface area contributed by atoms with E-state index in [-0.39, 0.29) is 24.1 Å². The van der Waals surface area contributed by atoms with Gasteiger partial charge in [0.25, 0.3) is 5.91 Å². The Bertz CT molecular complexity index is 826. The number of halogens is 1. The summed E-state index contributed by atoms with van der Waals surface area (Å²) in [6, 6.07) is 5.78. The molecule has 6 nitrogen and oxygen atoms in total. The summed E-state index contributed by atoms with van der Waals surface area (Å²) in [5, 5.41) is 0. The maximum atomic E-state index is 13.0. The number of likely N-dealkylation sites (tertiary alicyclic amines) is 1. The smallest absolute Gasteiger partial charge is 0.291 e. The minimum Gasteiger partial charge on any atom is -0.332 e. The average Bonchev–Trinajstić information content (AvgIpc) is 3.15. The number of carbonyl (C=O) groups is 3. The van der Waals surface area contributed by atoms with Crippen molar-refractivity contribution in [1.82, 2.24) is 14.5 Å². The Morgan fingerprint density at radius 3 is 2.56 bits per heavy atom. The fraction of sp³-hybridized carbons (Fsp3) is 0.333. The summed E-state index contributed by atoms with van der Waals surface area (Å²) < 4.78 is 14.6. The summed E-state index contributed by atoms with van der Waals surface area (Å²) in [4.78, 5) is 42.4. The molecular weight excluding hydrogens is 325 g/mol. The molecule has 130 valence electrons. The van der Waals surface area contributed by atoms with Crippen molar-refractivity contribution >= 4 is 17.5 Å². The summed E-state index contributed by atoms with van der Waals surface area (Å²) in [6.07, 6.45) is 2.87. The third-order valence-corrected chi connectivity index (χ3v) is 4.34. The Labute approximate surface area is 144 Å². The second-order valence-electron chi connectivity index (χ2n) is 6.37. The fourth-order valence-corrected chi connectivity index (χ4v) is 2.92. The molecule has 0 bridgehead atoms. The van der Waals surface area contributed by atoms with Gasteiger partial charge < -0.3 is 9.47 Å². The lowest BCUT2D eigenvalue weighted by atomic mass is 9.99. The van der Waals surface area contributed by atoms with Crippen LogP contribution < -0.4 is 0 Å². The first-order chi connectivity index (χ1) is 11.9. The van der Waals surface area contributed by atoms with Crippen molar-refractivity contribution in [2.24, 2.45) is 5.92 Å². The van der Waals surface area contributed by atoms with Gasteiger partial charge in [0.05, 0.1) is 12.5 Å². The van der Waals surface area contributed by atoms with Crippen molar-refractivity contribution in [2.45, 2.75) is 26.4 Å². The van der Waals surface area contributed by atoms with Gasteiger partial charge in [-0.25, -0.2) is 9.37 Å². The molecular formula is C18H18FN3O3. The van der Waals surface area contributed by atoms with E-state index < -0.39 is 23.4 Å². The minimum absolute atomic E-state index is 0.0931. The first-order valence-electron chi connectivity index (χ1n) is 8.02. The Balaban J connectivity index is 1.82. The normalized spacial score (nSPS) is 17.6. The molecule has 3 rings (SSSR count). The van der Waals surface area contributed by atoms with Crippen LogP contribution in [0.2, 0.25) is 0 Å². The number of imidazole rings is 1. The first-order valence-corrected chi connectivity index (χ1v) is 8.02. The van der Waals surface area contributed by atoms with Crippen molar-refractivity contribution in [3.63, 3.8) is 0 Å². The molecule has 2 heterocycles. The Hall–Kier alpha value is -2.83. The van der Waals surface area contributed by atoms with Crippen molar-refractivity contribution < 1.29 is 18.8 Å². The molecule has 0 aliphatic carbocycles. The molecule has 0 spiro atoms. The molecule has 1 saturated heterocycles. The largest absolute Gasteiger partial charge is 0.332 e. The second kappa shape index (κ2) is 6.58. The molecule has 1 aliphatic rings. The molecule has 1 aromatic heterocycles. The molecule has 0 saturated carbocycles. The first kappa shape index (κ1) is 17.0. The quantitative estimate of drug-likeness (QED) is 0.470. The molecule has 0 radical (unpaired) electrons. The van der Waals surface area contributed by atoms with Crippen molar-refractivity contribution in [3.05, 3.63) is 53.9 Å². The lowest BCUT2D eigenvalue weighted by molar-refractivity contribution is -0.141. The van der Waals surface area contributed by atoms with Crippen LogP contribution in [0.4, 0.5) is 4.39 Å². The summed E-state index contributed by atoms with van der Waals surface area (Å²) in [5.74, 6) is -3.04. The van der Waals surface area contributed by atoms with Gasteiger partial charge in [0.1, 0.15) is 17.4 Å². The topological polar surface area (TPSA) is 72.3 Å². The van der Waals surface area contributed by atoms with E-state index in [1.807, 2.05) is 0 Å². The average molecular weight is 343 g/mol. The van der Waals surface area contributed by atoms with Crippen LogP contribution in [0.1, 0.15) is 29.9 Å². The summed E-state index contributed by atoms with van der Waals surface area (Å²) in [6.45, 7) is 4.02. The number of hydrogen-bond acceptors (Lipinski definition) is 4. The zero-order valence-electron chi connectivity index (χ0n) is 14.0. The molecule has 1 fully saturated rings. The fourth-order valence-electron chi connectivity index (χ4n) is 2.92. The van der Waals surface area contributed by atoms with Gasteiger partial charge in [-0.05, 0) is 31.5 Å². The van der Waals surface area contributed by atoms with E-state index >= 15 is 0 Å². The molecule has 0 N–H and O–H groups in total. The maximum Gasteiger partial charge on any atom is 0.291 e. The van der Waals surface area contributed by atoms with Crippen LogP contribution in [-0.2, 0) is 16.1 Å². The van der Waals surface area contributed by atoms with Crippen LogP contribution in [0.25, 0.3) is 0 Å². The van der Waals surface area contributed by atoms with E-state index in [0.717, 1.165) is 5.56 Å². The summed E-state index contributed by atoms with van der Waals surface area (Å²) >= 11 is 0. The zero-order chi connectivity index (χ0) is 18.1. The zero-order valence-corrected chi connectivity index (χ0v) is 14.0. The van der Waals surface area contributed by atoms with Crippen molar-refractivity contribution in [2.75, 3.05) is 6.54 Å². The molecule has 1 aliphatic heterocycles. The monoisotopic (exact) mass is 343 g/mol. The van der Waals surface area contributed by atoms with Crippen LogP contribution in [0.5, 0.6) is 0 Å². The van der Waals surface area contributed by atoms with Crippen LogP contribution in [0.3, 0.4) is 0 Å². The highest BCUT2D eigenvalue weighted by molar-refractivity contribution is 6.43. The van der Waals surface area contributed by atoms with Gasteiger partial charge in [-0.1, -0.05) is 12.1 Å². The minimum atomic E-state index is -1.00. The molecule has 1 atom stereocenters. The van der Waals surface area contributed by atoms with E-state index in [1.54, 1.807) is 30.5 Å². The second-order valence-corrected chi connectivity index (χ2v) is 6.37. The maximum absolute atomic E-state index is 13.0. The van der Waals surface area contributed by atoms with Crippen LogP contribution >= 0.6 is 0 Å². The van der Waals surface area contributed by atoms with Gasteiger partial charge >= 0.3 is 0 Å². The van der Waals surface area contributed by atoms with Gasteiger partial charge in [-0.2, -0.15) is 0 Å². The van der Waals surface area contributed by atoms with Gasteiger partial charge in [-0.15, -0.1) is 0 Å². The number of rotatable bonds is 5. The highest BCUT2D eigenvalue weighted by Crippen LogP contribution is 2.21. The van der Waals surface area contributed by atoms with E-state index in [4.69, 9.17) is 0 Å². The van der Waals surface area contributed by atoms with Gasteiger partial charge in [0, 0.05) is 19.1 Å². The standard InChI is InChI=1S/C18H18FN3O3/c1-11(2)22-9-14(17(24)18(22)25)16(23)15-7-20-10-21(15)8-12-3-5-13(19)6-4-12/h3-7,10-11,14H,8-9H2,1-2H3. The lowest BCUT2D eigenvalue weighted by Crippen LogP contribution is -2.33. The number of amides is 1. The van der Waals surface area contributed by atoms with Crippen molar-refractivity contribution in [3.8, 4) is 0 Å². The lowest BCUT2D eigenvalue weighted by Gasteiger charge is -2.19. The Morgan fingerprint density at radius 2 is 1.96 bits per heavy atom. The number of benzene rings is 1. The van der Waals surface area contributed by atoms with Crippen LogP contribution in [-0.4, -0.2) is 44.5 Å². The highest BCUT2D eigenvalue weighted by atomic mass is 19.1. The number of aromatic nitrogens is 2. The highest BCUT2D eigenvalue weighted by Gasteiger charge is 2.44. The summed E-state index contributed by atoms with van der Waals surface area (Å²) in [5.41, 5.74) is 1.06. The molecule has 1 unspecified atom stereocenters. The molecule has 1 aromatic carbocycles. The Morgan fingerprint density at radius 1 is 1.28 bits per heavy atom. The Kier molecular flexibility index (Phi) is 4.48.